The molecule has 0 fully saturated rings. The molecular weight excluding hydrogens is 254 g/mol. The molecule has 6 heteroatoms. The molecule has 3 rings (SSSR count). The molecule has 0 bridgehead atoms. The maximum atomic E-state index is 12.3. The molecule has 100 valence electrons. The molecule has 1 aromatic carbocycles. The molecule has 0 amide bonds. The van der Waals surface area contributed by atoms with Crippen LogP contribution in [0.15, 0.2) is 53.7 Å². The third-order valence-corrected chi connectivity index (χ3v) is 3.05. The van der Waals surface area contributed by atoms with Gasteiger partial charge in [-0.2, -0.15) is 0 Å². The lowest BCUT2D eigenvalue weighted by Gasteiger charge is -2.07. The maximum Gasteiger partial charge on any atom is 0.261 e. The Labute approximate surface area is 114 Å². The van der Waals surface area contributed by atoms with E-state index < -0.39 is 0 Å². The molecule has 0 unspecified atom stereocenters. The summed E-state index contributed by atoms with van der Waals surface area (Å²) in [5.74, 6) is 5.36. The molecule has 0 saturated carbocycles. The van der Waals surface area contributed by atoms with Crippen LogP contribution in [0.4, 0.5) is 5.69 Å². The molecule has 2 aromatic heterocycles. The van der Waals surface area contributed by atoms with Gasteiger partial charge in [-0.05, 0) is 24.3 Å². The van der Waals surface area contributed by atoms with Gasteiger partial charge >= 0.3 is 0 Å². The van der Waals surface area contributed by atoms with E-state index in [-0.39, 0.29) is 5.56 Å². The normalized spacial score (nSPS) is 10.7. The highest BCUT2D eigenvalue weighted by atomic mass is 16.1. The Kier molecular flexibility index (Phi) is 3.14. The number of nitrogen functional groups attached to an aromatic ring is 1. The largest absolute Gasteiger partial charge is 0.324 e. The summed E-state index contributed by atoms with van der Waals surface area (Å²) >= 11 is 0. The van der Waals surface area contributed by atoms with Crippen molar-refractivity contribution in [1.29, 1.82) is 0 Å². The zero-order valence-corrected chi connectivity index (χ0v) is 10.7. The fourth-order valence-corrected chi connectivity index (χ4v) is 2.05. The Morgan fingerprint density at radius 3 is 2.90 bits per heavy atom. The first-order valence-electron chi connectivity index (χ1n) is 6.13. The van der Waals surface area contributed by atoms with Crippen molar-refractivity contribution in [3.63, 3.8) is 0 Å². The van der Waals surface area contributed by atoms with Crippen LogP contribution in [0.2, 0.25) is 0 Å². The van der Waals surface area contributed by atoms with Gasteiger partial charge in [0.1, 0.15) is 0 Å². The standard InChI is InChI=1S/C14H13N5O/c15-18-10-5-6-16-11(7-10)8-19-9-17-13-4-2-1-3-12(13)14(19)20/h1-7,9H,8,15H2,(H,16,18). The maximum absolute atomic E-state index is 12.3. The summed E-state index contributed by atoms with van der Waals surface area (Å²) < 4.78 is 1.53. The lowest BCUT2D eigenvalue weighted by atomic mass is 10.2. The molecular formula is C14H13N5O. The molecule has 3 N–H and O–H groups in total. The second kappa shape index (κ2) is 5.10. The number of benzene rings is 1. The molecule has 0 radical (unpaired) electrons. The lowest BCUT2D eigenvalue weighted by molar-refractivity contribution is 0.730. The highest BCUT2D eigenvalue weighted by Crippen LogP contribution is 2.08. The predicted octanol–water partition coefficient (Wildman–Crippen LogP) is 1.13. The monoisotopic (exact) mass is 267 g/mol. The first kappa shape index (κ1) is 12.3. The second-order valence-electron chi connectivity index (χ2n) is 4.37. The quantitative estimate of drug-likeness (QED) is 0.548. The fourth-order valence-electron chi connectivity index (χ4n) is 2.05. The Hall–Kier alpha value is -2.73. The van der Waals surface area contributed by atoms with Gasteiger partial charge in [0.25, 0.3) is 5.56 Å². The fraction of sp³-hybridized carbons (Fsp3) is 0.0714. The van der Waals surface area contributed by atoms with Gasteiger partial charge in [0.05, 0.1) is 35.2 Å². The third kappa shape index (κ3) is 2.24. The number of nitrogens with zero attached hydrogens (tertiary/aromatic N) is 3. The van der Waals surface area contributed by atoms with Crippen LogP contribution < -0.4 is 16.8 Å². The van der Waals surface area contributed by atoms with E-state index in [4.69, 9.17) is 5.84 Å². The Morgan fingerprint density at radius 2 is 2.05 bits per heavy atom. The zero-order chi connectivity index (χ0) is 13.9. The number of hydrazine groups is 1. The molecule has 0 aliphatic rings. The summed E-state index contributed by atoms with van der Waals surface area (Å²) in [5.41, 5.74) is 4.65. The lowest BCUT2D eigenvalue weighted by Crippen LogP contribution is -2.21. The van der Waals surface area contributed by atoms with E-state index in [2.05, 4.69) is 15.4 Å². The van der Waals surface area contributed by atoms with E-state index in [0.29, 0.717) is 17.4 Å². The predicted molar refractivity (Wildman–Crippen MR) is 77.2 cm³/mol. The summed E-state index contributed by atoms with van der Waals surface area (Å²) in [6, 6.07) is 10.8. The SMILES string of the molecule is NNc1ccnc(Cn2cnc3ccccc3c2=O)c1. The first-order valence-corrected chi connectivity index (χ1v) is 6.13. The molecule has 0 aliphatic carbocycles. The highest BCUT2D eigenvalue weighted by molar-refractivity contribution is 5.76. The van der Waals surface area contributed by atoms with Crippen LogP contribution in [0, 0.1) is 0 Å². The van der Waals surface area contributed by atoms with Gasteiger partial charge in [0, 0.05) is 6.20 Å². The van der Waals surface area contributed by atoms with E-state index in [1.807, 2.05) is 18.2 Å². The summed E-state index contributed by atoms with van der Waals surface area (Å²) in [5, 5.41) is 0.600. The summed E-state index contributed by atoms with van der Waals surface area (Å²) in [7, 11) is 0. The Balaban J connectivity index is 2.02. The minimum absolute atomic E-state index is 0.0801. The van der Waals surface area contributed by atoms with Crippen LogP contribution in [0.5, 0.6) is 0 Å². The van der Waals surface area contributed by atoms with Crippen molar-refractivity contribution >= 4 is 16.6 Å². The van der Waals surface area contributed by atoms with Crippen molar-refractivity contribution in [2.75, 3.05) is 5.43 Å². The number of nitrogens with two attached hydrogens (primary N) is 1. The Bertz CT molecular complexity index is 812. The average Bonchev–Trinajstić information content (AvgIpc) is 2.50. The van der Waals surface area contributed by atoms with Crippen LogP contribution in [-0.4, -0.2) is 14.5 Å². The number of hydrogen-bond donors (Lipinski definition) is 2. The van der Waals surface area contributed by atoms with Crippen LogP contribution >= 0.6 is 0 Å². The van der Waals surface area contributed by atoms with Gasteiger partial charge in [-0.25, -0.2) is 4.98 Å². The number of fused-ring (bicyclic) bond motifs is 1. The molecule has 0 spiro atoms. The summed E-state index contributed by atoms with van der Waals surface area (Å²) in [6.45, 7) is 0.353. The number of nitrogens with one attached hydrogen (secondary N) is 1. The number of rotatable bonds is 3. The van der Waals surface area contributed by atoms with Gasteiger partial charge < -0.3 is 5.43 Å². The van der Waals surface area contributed by atoms with E-state index in [9.17, 15) is 4.79 Å². The second-order valence-corrected chi connectivity index (χ2v) is 4.37. The average molecular weight is 267 g/mol. The molecule has 0 atom stereocenters. The first-order chi connectivity index (χ1) is 9.78. The van der Waals surface area contributed by atoms with Gasteiger partial charge in [0.2, 0.25) is 0 Å². The molecule has 0 saturated heterocycles. The molecule has 0 aliphatic heterocycles. The molecule has 6 nitrogen and oxygen atoms in total. The highest BCUT2D eigenvalue weighted by Gasteiger charge is 2.05. The van der Waals surface area contributed by atoms with Crippen molar-refractivity contribution < 1.29 is 0 Å². The summed E-state index contributed by atoms with van der Waals surface area (Å²) in [4.78, 5) is 20.8. The van der Waals surface area contributed by atoms with Crippen molar-refractivity contribution in [1.82, 2.24) is 14.5 Å². The number of anilines is 1. The topological polar surface area (TPSA) is 85.8 Å². The van der Waals surface area contributed by atoms with Gasteiger partial charge in [0.15, 0.2) is 0 Å². The van der Waals surface area contributed by atoms with Crippen LogP contribution in [0.25, 0.3) is 10.9 Å². The van der Waals surface area contributed by atoms with Crippen LogP contribution in [-0.2, 0) is 6.54 Å². The third-order valence-electron chi connectivity index (χ3n) is 3.05. The molecule has 2 heterocycles. The van der Waals surface area contributed by atoms with E-state index in [0.717, 1.165) is 11.4 Å². The van der Waals surface area contributed by atoms with Gasteiger partial charge in [-0.1, -0.05) is 12.1 Å². The van der Waals surface area contributed by atoms with Gasteiger partial charge in [-0.15, -0.1) is 0 Å². The van der Waals surface area contributed by atoms with Crippen molar-refractivity contribution in [3.05, 3.63) is 65.0 Å². The van der Waals surface area contributed by atoms with Crippen LogP contribution in [0.1, 0.15) is 5.69 Å². The molecule has 20 heavy (non-hydrogen) atoms. The van der Waals surface area contributed by atoms with E-state index in [1.54, 1.807) is 24.4 Å². The van der Waals surface area contributed by atoms with Crippen molar-refractivity contribution in [2.24, 2.45) is 5.84 Å². The zero-order valence-electron chi connectivity index (χ0n) is 10.7. The number of hydrogen-bond acceptors (Lipinski definition) is 5. The van der Waals surface area contributed by atoms with Crippen molar-refractivity contribution in [3.8, 4) is 0 Å². The number of aromatic nitrogens is 3. The minimum atomic E-state index is -0.0801. The smallest absolute Gasteiger partial charge is 0.261 e. The van der Waals surface area contributed by atoms with Crippen molar-refractivity contribution in [2.45, 2.75) is 6.54 Å². The number of pyridine rings is 1. The van der Waals surface area contributed by atoms with E-state index in [1.165, 1.54) is 10.9 Å². The Morgan fingerprint density at radius 1 is 1.20 bits per heavy atom. The van der Waals surface area contributed by atoms with E-state index >= 15 is 0 Å². The van der Waals surface area contributed by atoms with Crippen LogP contribution in [0.3, 0.4) is 0 Å². The number of para-hydroxylation sites is 1. The molecule has 3 aromatic rings. The minimum Gasteiger partial charge on any atom is -0.324 e. The summed E-state index contributed by atoms with van der Waals surface area (Å²) in [6.07, 6.45) is 3.18. The van der Waals surface area contributed by atoms with Gasteiger partial charge in [-0.3, -0.25) is 20.2 Å².